The minimum absolute atomic E-state index is 0.207. The van der Waals surface area contributed by atoms with Crippen LogP contribution in [0.1, 0.15) is 24.3 Å². The first-order valence-corrected chi connectivity index (χ1v) is 6.18. The first-order valence-electron chi connectivity index (χ1n) is 6.18. The zero-order chi connectivity index (χ0) is 12.5. The summed E-state index contributed by atoms with van der Waals surface area (Å²) >= 11 is 0. The SMILES string of the molecule is O=C(O)C(c1c[nH]c2ccccc12)C1CCCO1. The van der Waals surface area contributed by atoms with E-state index in [1.807, 2.05) is 24.3 Å². The Bertz CT molecular complexity index is 569. The van der Waals surface area contributed by atoms with Crippen molar-refractivity contribution in [1.82, 2.24) is 4.98 Å². The number of nitrogens with one attached hydrogen (secondary N) is 1. The second-order valence-corrected chi connectivity index (χ2v) is 4.66. The number of H-pyrrole nitrogens is 1. The van der Waals surface area contributed by atoms with Gasteiger partial charge in [0.1, 0.15) is 5.92 Å². The van der Waals surface area contributed by atoms with Crippen molar-refractivity contribution in [2.45, 2.75) is 24.9 Å². The number of carboxylic acid groups (broad SMARTS) is 1. The number of carbonyl (C=O) groups is 1. The molecule has 2 atom stereocenters. The zero-order valence-corrected chi connectivity index (χ0v) is 9.93. The van der Waals surface area contributed by atoms with Crippen LogP contribution in [0.25, 0.3) is 10.9 Å². The van der Waals surface area contributed by atoms with E-state index in [9.17, 15) is 9.90 Å². The first-order chi connectivity index (χ1) is 8.77. The van der Waals surface area contributed by atoms with E-state index >= 15 is 0 Å². The van der Waals surface area contributed by atoms with Crippen LogP contribution < -0.4 is 0 Å². The lowest BCUT2D eigenvalue weighted by Gasteiger charge is -2.18. The smallest absolute Gasteiger partial charge is 0.313 e. The summed E-state index contributed by atoms with van der Waals surface area (Å²) in [6, 6.07) is 7.76. The van der Waals surface area contributed by atoms with Crippen molar-refractivity contribution in [3.8, 4) is 0 Å². The molecule has 2 heterocycles. The largest absolute Gasteiger partial charge is 0.481 e. The summed E-state index contributed by atoms with van der Waals surface area (Å²) in [7, 11) is 0. The topological polar surface area (TPSA) is 62.3 Å². The van der Waals surface area contributed by atoms with Gasteiger partial charge < -0.3 is 14.8 Å². The van der Waals surface area contributed by atoms with Crippen molar-refractivity contribution in [3.63, 3.8) is 0 Å². The van der Waals surface area contributed by atoms with Crippen LogP contribution in [-0.2, 0) is 9.53 Å². The van der Waals surface area contributed by atoms with Crippen LogP contribution in [-0.4, -0.2) is 28.8 Å². The third kappa shape index (κ3) is 1.78. The number of fused-ring (bicyclic) bond motifs is 1. The summed E-state index contributed by atoms with van der Waals surface area (Å²) in [5, 5.41) is 10.4. The van der Waals surface area contributed by atoms with Gasteiger partial charge in [0, 0.05) is 23.7 Å². The Hall–Kier alpha value is -1.81. The third-order valence-corrected chi connectivity index (χ3v) is 3.56. The number of aliphatic carboxylic acids is 1. The van der Waals surface area contributed by atoms with Gasteiger partial charge in [0.05, 0.1) is 6.10 Å². The summed E-state index contributed by atoms with van der Waals surface area (Å²) in [5.74, 6) is -1.39. The van der Waals surface area contributed by atoms with Gasteiger partial charge >= 0.3 is 5.97 Å². The molecule has 1 aliphatic rings. The van der Waals surface area contributed by atoms with Crippen molar-refractivity contribution < 1.29 is 14.6 Å². The molecule has 1 aliphatic heterocycles. The average molecular weight is 245 g/mol. The molecule has 1 saturated heterocycles. The lowest BCUT2D eigenvalue weighted by atomic mass is 9.91. The zero-order valence-electron chi connectivity index (χ0n) is 9.93. The van der Waals surface area contributed by atoms with Crippen molar-refractivity contribution in [1.29, 1.82) is 0 Å². The van der Waals surface area contributed by atoms with Crippen LogP contribution in [0.5, 0.6) is 0 Å². The summed E-state index contributed by atoms with van der Waals surface area (Å²) < 4.78 is 5.55. The summed E-state index contributed by atoms with van der Waals surface area (Å²) in [4.78, 5) is 14.7. The average Bonchev–Trinajstić information content (AvgIpc) is 3.00. The summed E-state index contributed by atoms with van der Waals surface area (Å²) in [5.41, 5.74) is 1.79. The molecule has 94 valence electrons. The number of aromatic amines is 1. The minimum atomic E-state index is -0.813. The van der Waals surface area contributed by atoms with Gasteiger partial charge in [-0.15, -0.1) is 0 Å². The maximum atomic E-state index is 11.5. The van der Waals surface area contributed by atoms with Gasteiger partial charge in [0.25, 0.3) is 0 Å². The molecule has 4 nitrogen and oxygen atoms in total. The monoisotopic (exact) mass is 245 g/mol. The van der Waals surface area contributed by atoms with E-state index in [1.165, 1.54) is 0 Å². The Morgan fingerprint density at radius 1 is 1.44 bits per heavy atom. The Kier molecular flexibility index (Phi) is 2.80. The molecule has 1 aromatic carbocycles. The van der Waals surface area contributed by atoms with Crippen LogP contribution >= 0.6 is 0 Å². The number of rotatable bonds is 3. The molecule has 1 aromatic heterocycles. The van der Waals surface area contributed by atoms with Gasteiger partial charge in [-0.1, -0.05) is 18.2 Å². The number of aromatic nitrogens is 1. The normalized spacial score (nSPS) is 21.2. The van der Waals surface area contributed by atoms with Gasteiger partial charge in [0.2, 0.25) is 0 Å². The number of ether oxygens (including phenoxy) is 1. The number of carboxylic acids is 1. The number of benzene rings is 1. The highest BCUT2D eigenvalue weighted by Crippen LogP contribution is 2.33. The lowest BCUT2D eigenvalue weighted by Crippen LogP contribution is -2.25. The second-order valence-electron chi connectivity index (χ2n) is 4.66. The number of hydrogen-bond donors (Lipinski definition) is 2. The van der Waals surface area contributed by atoms with E-state index < -0.39 is 11.9 Å². The van der Waals surface area contributed by atoms with Crippen LogP contribution in [0.15, 0.2) is 30.5 Å². The first kappa shape index (κ1) is 11.3. The van der Waals surface area contributed by atoms with Crippen LogP contribution in [0.3, 0.4) is 0 Å². The van der Waals surface area contributed by atoms with Crippen molar-refractivity contribution >= 4 is 16.9 Å². The maximum Gasteiger partial charge on any atom is 0.313 e. The fourth-order valence-corrected chi connectivity index (χ4v) is 2.71. The summed E-state index contributed by atoms with van der Waals surface area (Å²) in [6.07, 6.45) is 3.35. The fraction of sp³-hybridized carbons (Fsp3) is 0.357. The van der Waals surface area contributed by atoms with Gasteiger partial charge in [-0.25, -0.2) is 0 Å². The standard InChI is InChI=1S/C14H15NO3/c16-14(17)13(12-6-3-7-18-12)10-8-15-11-5-2-1-4-9(10)11/h1-2,4-5,8,12-13,15H,3,6-7H2,(H,16,17). The van der Waals surface area contributed by atoms with Gasteiger partial charge in [0.15, 0.2) is 0 Å². The van der Waals surface area contributed by atoms with Crippen LogP contribution in [0, 0.1) is 0 Å². The highest BCUT2D eigenvalue weighted by molar-refractivity contribution is 5.89. The molecule has 0 aliphatic carbocycles. The van der Waals surface area contributed by atoms with Gasteiger partial charge in [-0.2, -0.15) is 0 Å². The third-order valence-electron chi connectivity index (χ3n) is 3.56. The van der Waals surface area contributed by atoms with Crippen LogP contribution in [0.4, 0.5) is 0 Å². The van der Waals surface area contributed by atoms with E-state index in [2.05, 4.69) is 4.98 Å². The fourth-order valence-electron chi connectivity index (χ4n) is 2.71. The maximum absolute atomic E-state index is 11.5. The van der Waals surface area contributed by atoms with E-state index in [4.69, 9.17) is 4.74 Å². The van der Waals surface area contributed by atoms with Crippen molar-refractivity contribution in [2.24, 2.45) is 0 Å². The Labute approximate surface area is 105 Å². The second kappa shape index (κ2) is 4.46. The Morgan fingerprint density at radius 3 is 3.00 bits per heavy atom. The summed E-state index contributed by atoms with van der Waals surface area (Å²) in [6.45, 7) is 0.663. The minimum Gasteiger partial charge on any atom is -0.481 e. The lowest BCUT2D eigenvalue weighted by molar-refractivity contribution is -0.141. The van der Waals surface area contributed by atoms with E-state index in [0.29, 0.717) is 6.61 Å². The number of hydrogen-bond acceptors (Lipinski definition) is 2. The molecular weight excluding hydrogens is 230 g/mol. The molecule has 3 rings (SSSR count). The van der Waals surface area contributed by atoms with Crippen LogP contribution in [0.2, 0.25) is 0 Å². The van der Waals surface area contributed by atoms with Crippen molar-refractivity contribution in [3.05, 3.63) is 36.0 Å². The molecule has 0 amide bonds. The van der Waals surface area contributed by atoms with E-state index in [0.717, 1.165) is 29.3 Å². The predicted octanol–water partition coefficient (Wildman–Crippen LogP) is 2.52. The molecule has 1 fully saturated rings. The van der Waals surface area contributed by atoms with E-state index in [-0.39, 0.29) is 6.10 Å². The van der Waals surface area contributed by atoms with Gasteiger partial charge in [-0.3, -0.25) is 4.79 Å². The van der Waals surface area contributed by atoms with E-state index in [1.54, 1.807) is 6.20 Å². The highest BCUT2D eigenvalue weighted by atomic mass is 16.5. The predicted molar refractivity (Wildman–Crippen MR) is 67.6 cm³/mol. The molecular formula is C14H15NO3. The molecule has 0 bridgehead atoms. The molecule has 0 spiro atoms. The Balaban J connectivity index is 2.06. The van der Waals surface area contributed by atoms with Crippen molar-refractivity contribution in [2.75, 3.05) is 6.61 Å². The number of para-hydroxylation sites is 1. The quantitative estimate of drug-likeness (QED) is 0.873. The molecule has 4 heteroatoms. The molecule has 0 radical (unpaired) electrons. The Morgan fingerprint density at radius 2 is 2.28 bits per heavy atom. The molecule has 2 N–H and O–H groups in total. The molecule has 18 heavy (non-hydrogen) atoms. The molecule has 2 unspecified atom stereocenters. The highest BCUT2D eigenvalue weighted by Gasteiger charge is 2.34. The molecule has 0 saturated carbocycles. The molecule has 2 aromatic rings. The van der Waals surface area contributed by atoms with Gasteiger partial charge in [-0.05, 0) is 24.5 Å².